The van der Waals surface area contributed by atoms with Crippen LogP contribution in [0.3, 0.4) is 0 Å². The first kappa shape index (κ1) is 18.2. The largest absolute Gasteiger partial charge is 0.545 e. The van der Waals surface area contributed by atoms with E-state index in [1.54, 1.807) is 0 Å². The number of fused-ring (bicyclic) bond motifs is 1. The first-order valence-electron chi connectivity index (χ1n) is 8.30. The summed E-state index contributed by atoms with van der Waals surface area (Å²) in [4.78, 5) is 22.8. The second-order valence-corrected chi connectivity index (χ2v) is 7.88. The molecule has 1 aliphatic carbocycles. The van der Waals surface area contributed by atoms with Crippen LogP contribution < -0.4 is 5.11 Å². The maximum atomic E-state index is 12.5. The van der Waals surface area contributed by atoms with Gasteiger partial charge in [-0.2, -0.15) is 0 Å². The van der Waals surface area contributed by atoms with Crippen molar-refractivity contribution in [3.8, 4) is 0 Å². The monoisotopic (exact) mass is 325 g/mol. The second kappa shape index (κ2) is 6.39. The van der Waals surface area contributed by atoms with Gasteiger partial charge in [0.05, 0.1) is 5.97 Å². The van der Waals surface area contributed by atoms with Gasteiger partial charge in [0.2, 0.25) is 0 Å². The molecule has 0 heterocycles. The standard InChI is InChI=1S/C21H26O3/c1-14-12-16-17(21(4,5)11-10-20(16,2)3)13-15(14)18(22)8-6-7-9-19(23)24/h6-9,12-13H,10-11H2,1-5H3,(H,23,24)/p-1/b8-6+,9-7+. The summed E-state index contributed by atoms with van der Waals surface area (Å²) >= 11 is 0. The molecule has 128 valence electrons. The molecule has 1 aliphatic rings. The molecule has 0 saturated carbocycles. The SMILES string of the molecule is Cc1cc2c(cc1C(=O)/C=C/C=C/C(=O)[O-])C(C)(C)CCC2(C)C. The average molecular weight is 325 g/mol. The summed E-state index contributed by atoms with van der Waals surface area (Å²) in [7, 11) is 0. The summed E-state index contributed by atoms with van der Waals surface area (Å²) < 4.78 is 0. The van der Waals surface area contributed by atoms with Crippen molar-refractivity contribution in [3.05, 3.63) is 58.7 Å². The zero-order valence-electron chi connectivity index (χ0n) is 15.1. The van der Waals surface area contributed by atoms with Crippen molar-refractivity contribution in [1.29, 1.82) is 0 Å². The Kier molecular flexibility index (Phi) is 4.84. The number of aryl methyl sites for hydroxylation is 1. The minimum Gasteiger partial charge on any atom is -0.545 e. The van der Waals surface area contributed by atoms with Crippen LogP contribution in [-0.2, 0) is 15.6 Å². The number of hydrogen-bond donors (Lipinski definition) is 0. The van der Waals surface area contributed by atoms with Gasteiger partial charge in [-0.1, -0.05) is 45.9 Å². The molecule has 0 unspecified atom stereocenters. The van der Waals surface area contributed by atoms with E-state index in [2.05, 4.69) is 33.8 Å². The average Bonchev–Trinajstić information content (AvgIpc) is 2.48. The fourth-order valence-electron chi connectivity index (χ4n) is 3.35. The third-order valence-corrected chi connectivity index (χ3v) is 5.05. The fraction of sp³-hybridized carbons (Fsp3) is 0.429. The van der Waals surface area contributed by atoms with Crippen LogP contribution in [0.5, 0.6) is 0 Å². The molecule has 0 saturated heterocycles. The number of carboxylic acid groups (broad SMARTS) is 1. The van der Waals surface area contributed by atoms with Crippen LogP contribution in [0.1, 0.15) is 67.6 Å². The lowest BCUT2D eigenvalue weighted by Gasteiger charge is -2.42. The Morgan fingerprint density at radius 1 is 0.958 bits per heavy atom. The summed E-state index contributed by atoms with van der Waals surface area (Å²) in [6.45, 7) is 10.9. The fourth-order valence-corrected chi connectivity index (χ4v) is 3.35. The predicted molar refractivity (Wildman–Crippen MR) is 94.1 cm³/mol. The Morgan fingerprint density at radius 3 is 2.00 bits per heavy atom. The van der Waals surface area contributed by atoms with Crippen molar-refractivity contribution in [2.75, 3.05) is 0 Å². The lowest BCUT2D eigenvalue weighted by Crippen LogP contribution is -2.34. The Balaban J connectivity index is 2.44. The molecule has 1 aromatic rings. The molecule has 0 aliphatic heterocycles. The number of carbonyl (C=O) groups is 2. The van der Waals surface area contributed by atoms with Gasteiger partial charge in [0, 0.05) is 5.56 Å². The summed E-state index contributed by atoms with van der Waals surface area (Å²) in [6, 6.07) is 4.18. The first-order valence-corrected chi connectivity index (χ1v) is 8.30. The molecule has 0 radical (unpaired) electrons. The van der Waals surface area contributed by atoms with Gasteiger partial charge in [-0.05, 0) is 65.5 Å². The molecule has 24 heavy (non-hydrogen) atoms. The summed E-state index contributed by atoms with van der Waals surface area (Å²) in [5, 5.41) is 10.3. The van der Waals surface area contributed by atoms with Crippen LogP contribution >= 0.6 is 0 Å². The molecule has 1 aromatic carbocycles. The molecule has 3 nitrogen and oxygen atoms in total. The number of rotatable bonds is 4. The summed E-state index contributed by atoms with van der Waals surface area (Å²) in [5.41, 5.74) is 4.37. The van der Waals surface area contributed by atoms with Gasteiger partial charge >= 0.3 is 0 Å². The zero-order chi connectivity index (χ0) is 18.1. The molecular weight excluding hydrogens is 300 g/mol. The number of hydrogen-bond acceptors (Lipinski definition) is 3. The lowest BCUT2D eigenvalue weighted by molar-refractivity contribution is -0.297. The molecule has 2 rings (SSSR count). The highest BCUT2D eigenvalue weighted by atomic mass is 16.4. The molecule has 0 amide bonds. The molecule has 0 aromatic heterocycles. The first-order chi connectivity index (χ1) is 11.0. The van der Waals surface area contributed by atoms with E-state index in [0.717, 1.165) is 24.5 Å². The van der Waals surface area contributed by atoms with Gasteiger partial charge in [0.1, 0.15) is 0 Å². The maximum absolute atomic E-state index is 12.5. The minimum atomic E-state index is -1.28. The maximum Gasteiger partial charge on any atom is 0.186 e. The Morgan fingerprint density at radius 2 is 1.46 bits per heavy atom. The van der Waals surface area contributed by atoms with Crippen LogP contribution in [-0.4, -0.2) is 11.8 Å². The van der Waals surface area contributed by atoms with Crippen LogP contribution in [0.25, 0.3) is 0 Å². The van der Waals surface area contributed by atoms with Crippen molar-refractivity contribution in [1.82, 2.24) is 0 Å². The number of carboxylic acids is 1. The van der Waals surface area contributed by atoms with E-state index in [-0.39, 0.29) is 16.6 Å². The Bertz CT molecular complexity index is 734. The van der Waals surface area contributed by atoms with Gasteiger partial charge in [0.25, 0.3) is 0 Å². The Hall–Kier alpha value is -2.16. The quantitative estimate of drug-likeness (QED) is 0.484. The van der Waals surface area contributed by atoms with Crippen LogP contribution in [0.15, 0.2) is 36.4 Å². The van der Waals surface area contributed by atoms with E-state index in [4.69, 9.17) is 0 Å². The highest BCUT2D eigenvalue weighted by molar-refractivity contribution is 6.06. The summed E-state index contributed by atoms with van der Waals surface area (Å²) in [6.07, 6.45) is 7.26. The molecule has 0 spiro atoms. The van der Waals surface area contributed by atoms with E-state index in [1.807, 2.05) is 13.0 Å². The van der Waals surface area contributed by atoms with Crippen LogP contribution in [0, 0.1) is 6.92 Å². The number of aliphatic carboxylic acids is 1. The van der Waals surface area contributed by atoms with E-state index in [0.29, 0.717) is 5.56 Å². The third-order valence-electron chi connectivity index (χ3n) is 5.05. The van der Waals surface area contributed by atoms with Crippen molar-refractivity contribution in [3.63, 3.8) is 0 Å². The highest BCUT2D eigenvalue weighted by Crippen LogP contribution is 2.46. The van der Waals surface area contributed by atoms with Gasteiger partial charge in [-0.3, -0.25) is 4.79 Å². The second-order valence-electron chi connectivity index (χ2n) is 7.88. The van der Waals surface area contributed by atoms with Gasteiger partial charge in [0.15, 0.2) is 5.78 Å². The summed E-state index contributed by atoms with van der Waals surface area (Å²) in [5.74, 6) is -1.39. The van der Waals surface area contributed by atoms with Gasteiger partial charge < -0.3 is 9.90 Å². The van der Waals surface area contributed by atoms with E-state index < -0.39 is 5.97 Å². The normalized spacial score (nSPS) is 18.7. The molecular formula is C21H25O3-. The molecule has 0 fully saturated rings. The van der Waals surface area contributed by atoms with Gasteiger partial charge in [-0.15, -0.1) is 0 Å². The third kappa shape index (κ3) is 3.66. The van der Waals surface area contributed by atoms with Crippen LogP contribution in [0.4, 0.5) is 0 Å². The van der Waals surface area contributed by atoms with E-state index in [1.165, 1.54) is 29.4 Å². The molecule has 3 heteroatoms. The predicted octanol–water partition coefficient (Wildman–Crippen LogP) is 3.39. The number of ketones is 1. The van der Waals surface area contributed by atoms with Crippen molar-refractivity contribution in [2.24, 2.45) is 0 Å². The number of carbonyl (C=O) groups excluding carboxylic acids is 2. The molecule has 0 N–H and O–H groups in total. The molecule has 0 atom stereocenters. The highest BCUT2D eigenvalue weighted by Gasteiger charge is 2.37. The van der Waals surface area contributed by atoms with E-state index >= 15 is 0 Å². The lowest BCUT2D eigenvalue weighted by atomic mass is 9.62. The minimum absolute atomic E-state index is 0.0478. The Labute approximate surface area is 144 Å². The molecule has 0 bridgehead atoms. The van der Waals surface area contributed by atoms with Crippen molar-refractivity contribution < 1.29 is 14.7 Å². The van der Waals surface area contributed by atoms with E-state index in [9.17, 15) is 14.7 Å². The van der Waals surface area contributed by atoms with Crippen LogP contribution in [0.2, 0.25) is 0 Å². The van der Waals surface area contributed by atoms with Crippen molar-refractivity contribution in [2.45, 2.75) is 58.3 Å². The number of allylic oxidation sites excluding steroid dienone is 3. The van der Waals surface area contributed by atoms with Gasteiger partial charge in [-0.25, -0.2) is 0 Å². The smallest absolute Gasteiger partial charge is 0.186 e. The zero-order valence-corrected chi connectivity index (χ0v) is 15.1. The van der Waals surface area contributed by atoms with Crippen molar-refractivity contribution >= 4 is 11.8 Å². The topological polar surface area (TPSA) is 57.2 Å². The number of benzene rings is 1.